The Morgan fingerprint density at radius 3 is 0.921 bits per heavy atom. The Balaban J connectivity index is 2.88. The molecular weight excluding hydrogens is 456 g/mol. The molecule has 0 saturated heterocycles. The van der Waals surface area contributed by atoms with Crippen molar-refractivity contribution in [2.45, 2.75) is 134 Å². The average Bonchev–Trinajstić information content (AvgIpc) is 2.74. The number of hydrogen-bond acceptors (Lipinski definition) is 0. The molecule has 0 aliphatic carbocycles. The van der Waals surface area contributed by atoms with E-state index in [9.17, 15) is 0 Å². The van der Waals surface area contributed by atoms with Crippen LogP contribution in [0, 0.1) is 35.5 Å². The van der Waals surface area contributed by atoms with Crippen LogP contribution in [0.5, 0.6) is 0 Å². The number of hydrogen-bond donors (Lipinski definition) is 0. The van der Waals surface area contributed by atoms with Crippen molar-refractivity contribution in [3.63, 3.8) is 0 Å². The predicted octanol–water partition coefficient (Wildman–Crippen LogP) is 11.0. The first-order valence-corrected chi connectivity index (χ1v) is 16.0. The van der Waals surface area contributed by atoms with Gasteiger partial charge in [0.1, 0.15) is 0 Å². The summed E-state index contributed by atoms with van der Waals surface area (Å²) in [6.45, 7) is 31.1. The predicted molar refractivity (Wildman–Crippen MR) is 172 cm³/mol. The maximum atomic E-state index is 2.61. The minimum atomic E-state index is 0.411. The van der Waals surface area contributed by atoms with Crippen LogP contribution in [-0.4, -0.2) is 0 Å². The van der Waals surface area contributed by atoms with Gasteiger partial charge >= 0.3 is 0 Å². The molecule has 0 aliphatic rings. The molecule has 0 aliphatic heterocycles. The molecule has 0 unspecified atom stereocenters. The molecule has 0 nitrogen and oxygen atoms in total. The van der Waals surface area contributed by atoms with Crippen LogP contribution in [0.15, 0.2) is 24.3 Å². The quantitative estimate of drug-likeness (QED) is 0.233. The van der Waals surface area contributed by atoms with Gasteiger partial charge < -0.3 is 0 Å². The maximum absolute atomic E-state index is 2.61. The molecule has 2 rings (SSSR count). The third-order valence-electron chi connectivity index (χ3n) is 7.58. The Kier molecular flexibility index (Phi) is 12.6. The molecule has 0 heteroatoms. The minimum Gasteiger partial charge on any atom is -0.0625 e. The Morgan fingerprint density at radius 2 is 0.658 bits per heavy atom. The third-order valence-corrected chi connectivity index (χ3v) is 7.58. The van der Waals surface area contributed by atoms with Gasteiger partial charge in [0.15, 0.2) is 0 Å². The Labute approximate surface area is 238 Å². The van der Waals surface area contributed by atoms with E-state index in [4.69, 9.17) is 0 Å². The van der Waals surface area contributed by atoms with E-state index in [0.717, 1.165) is 12.8 Å². The van der Waals surface area contributed by atoms with E-state index in [0.29, 0.717) is 41.4 Å². The fraction of sp³-hybridized carbons (Fsp3) is 0.684. The normalized spacial score (nSPS) is 12.5. The highest BCUT2D eigenvalue weighted by Crippen LogP contribution is 2.38. The van der Waals surface area contributed by atoms with Gasteiger partial charge in [-0.25, -0.2) is 0 Å². The summed E-state index contributed by atoms with van der Waals surface area (Å²) in [4.78, 5) is 0. The second kappa shape index (κ2) is 14.7. The molecule has 0 aromatic heterocycles. The lowest BCUT2D eigenvalue weighted by Gasteiger charge is -2.28. The number of rotatable bonds is 14. The van der Waals surface area contributed by atoms with Gasteiger partial charge in [0.2, 0.25) is 0 Å². The van der Waals surface area contributed by atoms with E-state index in [1.165, 1.54) is 36.8 Å². The molecular formula is C38H62. The fourth-order valence-electron chi connectivity index (χ4n) is 6.33. The van der Waals surface area contributed by atoms with Crippen LogP contribution in [-0.2, 0) is 38.5 Å². The monoisotopic (exact) mass is 518 g/mol. The van der Waals surface area contributed by atoms with E-state index in [1.54, 1.807) is 33.4 Å². The molecule has 0 spiro atoms. The van der Waals surface area contributed by atoms with Crippen LogP contribution < -0.4 is 0 Å². The zero-order valence-electron chi connectivity index (χ0n) is 27.6. The highest BCUT2D eigenvalue weighted by molar-refractivity contribution is 5.50. The van der Waals surface area contributed by atoms with Crippen LogP contribution in [0.25, 0.3) is 0 Å². The van der Waals surface area contributed by atoms with Crippen LogP contribution >= 0.6 is 0 Å². The van der Waals surface area contributed by atoms with Crippen molar-refractivity contribution >= 4 is 0 Å². The molecule has 0 bridgehead atoms. The topological polar surface area (TPSA) is 0 Å². The van der Waals surface area contributed by atoms with Crippen molar-refractivity contribution in [3.8, 4) is 0 Å². The average molecular weight is 519 g/mol. The molecule has 0 fully saturated rings. The maximum Gasteiger partial charge on any atom is 0.00668 e. The lowest BCUT2D eigenvalue weighted by molar-refractivity contribution is 0.598. The van der Waals surface area contributed by atoms with Crippen molar-refractivity contribution in [2.75, 3.05) is 0 Å². The zero-order valence-corrected chi connectivity index (χ0v) is 27.6. The summed E-state index contributed by atoms with van der Waals surface area (Å²) in [5.74, 6) is 4.40. The molecule has 2 aromatic rings. The molecule has 0 atom stereocenters. The van der Waals surface area contributed by atoms with E-state index in [2.05, 4.69) is 114 Å². The van der Waals surface area contributed by atoms with Gasteiger partial charge in [-0.05, 0) is 119 Å². The molecule has 0 heterocycles. The minimum absolute atomic E-state index is 0.411. The van der Waals surface area contributed by atoms with Crippen molar-refractivity contribution in [2.24, 2.45) is 35.5 Å². The van der Waals surface area contributed by atoms with Gasteiger partial charge in [0.05, 0.1) is 0 Å². The molecule has 38 heavy (non-hydrogen) atoms. The first-order chi connectivity index (χ1) is 17.7. The Morgan fingerprint density at radius 1 is 0.368 bits per heavy atom. The van der Waals surface area contributed by atoms with E-state index >= 15 is 0 Å². The van der Waals surface area contributed by atoms with Crippen molar-refractivity contribution < 1.29 is 0 Å². The second-order valence-electron chi connectivity index (χ2n) is 15.0. The van der Waals surface area contributed by atoms with E-state index < -0.39 is 0 Å². The lowest BCUT2D eigenvalue weighted by atomic mass is 9.76. The molecule has 0 radical (unpaired) electrons. The number of benzene rings is 2. The largest absolute Gasteiger partial charge is 0.0625 e. The van der Waals surface area contributed by atoms with Gasteiger partial charge in [-0.2, -0.15) is 0 Å². The van der Waals surface area contributed by atoms with Crippen molar-refractivity contribution in [1.29, 1.82) is 0 Å². The van der Waals surface area contributed by atoms with Crippen LogP contribution in [0.3, 0.4) is 0 Å². The van der Waals surface area contributed by atoms with Crippen LogP contribution in [0.1, 0.15) is 140 Å². The summed E-state index contributed by atoms with van der Waals surface area (Å²) in [6, 6.07) is 10.4. The SMILES string of the molecule is CC(C)Cc1cc(CC(C)C)c(CC(C)C)c(C(C)c2cc(CC(C)C)cc(CC(C)C)c2CC(C)C)c1. The molecule has 2 aromatic carbocycles. The third kappa shape index (κ3) is 9.88. The first kappa shape index (κ1) is 32.7. The Hall–Kier alpha value is -1.56. The zero-order chi connectivity index (χ0) is 28.7. The molecule has 214 valence electrons. The Bertz CT molecular complexity index is 918. The van der Waals surface area contributed by atoms with Crippen LogP contribution in [0.4, 0.5) is 0 Å². The van der Waals surface area contributed by atoms with E-state index in [-0.39, 0.29) is 0 Å². The van der Waals surface area contributed by atoms with Gasteiger partial charge in [0.25, 0.3) is 0 Å². The van der Waals surface area contributed by atoms with Crippen LogP contribution in [0.2, 0.25) is 0 Å². The standard InChI is InChI=1S/C38H62/c1-24(2)14-31-20-33(16-26(5)6)37(18-28(9)10)35(22-31)30(13)36-23-32(15-25(3)4)21-34(17-27(7)8)38(36)19-29(11)12/h20-30H,14-19H2,1-13H3. The second-order valence-corrected chi connectivity index (χ2v) is 15.0. The van der Waals surface area contributed by atoms with Gasteiger partial charge in [-0.3, -0.25) is 0 Å². The van der Waals surface area contributed by atoms with Gasteiger partial charge in [-0.1, -0.05) is 114 Å². The molecule has 0 amide bonds. The smallest absolute Gasteiger partial charge is 0.00668 e. The summed E-state index contributed by atoms with van der Waals surface area (Å²) < 4.78 is 0. The molecule has 0 saturated carbocycles. The summed E-state index contributed by atoms with van der Waals surface area (Å²) in [5.41, 5.74) is 12.8. The van der Waals surface area contributed by atoms with Crippen molar-refractivity contribution in [3.05, 3.63) is 68.8 Å². The highest BCUT2D eigenvalue weighted by atomic mass is 14.3. The summed E-state index contributed by atoms with van der Waals surface area (Å²) in [5, 5.41) is 0. The summed E-state index contributed by atoms with van der Waals surface area (Å²) in [7, 11) is 0. The summed E-state index contributed by atoms with van der Waals surface area (Å²) >= 11 is 0. The van der Waals surface area contributed by atoms with Gasteiger partial charge in [0, 0.05) is 5.92 Å². The van der Waals surface area contributed by atoms with E-state index in [1.807, 2.05) is 0 Å². The van der Waals surface area contributed by atoms with Gasteiger partial charge in [-0.15, -0.1) is 0 Å². The van der Waals surface area contributed by atoms with Crippen molar-refractivity contribution in [1.82, 2.24) is 0 Å². The summed E-state index contributed by atoms with van der Waals surface area (Å²) in [6.07, 6.45) is 7.04. The highest BCUT2D eigenvalue weighted by Gasteiger charge is 2.24. The fourth-order valence-corrected chi connectivity index (χ4v) is 6.33. The molecule has 0 N–H and O–H groups in total. The lowest BCUT2D eigenvalue weighted by Crippen LogP contribution is -2.15. The first-order valence-electron chi connectivity index (χ1n) is 16.0.